The van der Waals surface area contributed by atoms with E-state index in [1.165, 1.54) is 19.3 Å². The predicted octanol–water partition coefficient (Wildman–Crippen LogP) is 2.07. The molecule has 112 valence electrons. The third kappa shape index (κ3) is 3.35. The highest BCUT2D eigenvalue weighted by Crippen LogP contribution is 2.37. The van der Waals surface area contributed by atoms with E-state index >= 15 is 0 Å². The van der Waals surface area contributed by atoms with E-state index in [0.29, 0.717) is 11.8 Å². The van der Waals surface area contributed by atoms with E-state index in [1.807, 2.05) is 35.2 Å². The van der Waals surface area contributed by atoms with Gasteiger partial charge in [0.2, 0.25) is 5.91 Å². The first-order chi connectivity index (χ1) is 10.2. The molecule has 0 spiro atoms. The van der Waals surface area contributed by atoms with Crippen LogP contribution in [0.1, 0.15) is 19.3 Å². The second-order valence-corrected chi connectivity index (χ2v) is 5.93. The number of fused-ring (bicyclic) bond motifs is 1. The molecule has 1 aliphatic heterocycles. The van der Waals surface area contributed by atoms with Crippen LogP contribution in [0, 0.1) is 11.8 Å². The van der Waals surface area contributed by atoms with E-state index in [0.717, 1.165) is 18.8 Å². The van der Waals surface area contributed by atoms with E-state index in [-0.39, 0.29) is 18.5 Å². The van der Waals surface area contributed by atoms with Crippen molar-refractivity contribution in [3.8, 4) is 0 Å². The number of hydrogen-bond donors (Lipinski definition) is 2. The van der Waals surface area contributed by atoms with Crippen molar-refractivity contribution < 1.29 is 9.59 Å². The Hall–Kier alpha value is -2.04. The van der Waals surface area contributed by atoms with Crippen molar-refractivity contribution in [3.63, 3.8) is 0 Å². The molecular weight excluding hydrogens is 266 g/mol. The van der Waals surface area contributed by atoms with Crippen molar-refractivity contribution in [1.29, 1.82) is 0 Å². The lowest BCUT2D eigenvalue weighted by molar-refractivity contribution is -0.115. The fraction of sp³-hybridized carbons (Fsp3) is 0.500. The average molecular weight is 287 g/mol. The van der Waals surface area contributed by atoms with Gasteiger partial charge in [-0.15, -0.1) is 0 Å². The van der Waals surface area contributed by atoms with Gasteiger partial charge in [0.05, 0.1) is 6.54 Å². The Bertz CT molecular complexity index is 506. The van der Waals surface area contributed by atoms with Crippen LogP contribution in [0.5, 0.6) is 0 Å². The number of nitrogens with one attached hydrogen (secondary N) is 2. The molecule has 3 amide bonds. The molecule has 5 nitrogen and oxygen atoms in total. The van der Waals surface area contributed by atoms with Gasteiger partial charge in [-0.3, -0.25) is 4.79 Å². The van der Waals surface area contributed by atoms with Crippen molar-refractivity contribution in [2.24, 2.45) is 11.8 Å². The standard InChI is InChI=1S/C16H21N3O2/c20-15(18-14-7-2-1-3-8-14)9-17-16(21)19-10-12-5-4-6-13(12)11-19/h1-3,7-8,12-13H,4-6,9-11H2,(H,17,21)(H,18,20)/t12-,13-/m0/s1. The number of rotatable bonds is 3. The van der Waals surface area contributed by atoms with E-state index < -0.39 is 0 Å². The van der Waals surface area contributed by atoms with Gasteiger partial charge in [-0.25, -0.2) is 4.79 Å². The van der Waals surface area contributed by atoms with Gasteiger partial charge in [0, 0.05) is 18.8 Å². The molecule has 2 atom stereocenters. The fourth-order valence-corrected chi connectivity index (χ4v) is 3.40. The van der Waals surface area contributed by atoms with E-state index in [9.17, 15) is 9.59 Å². The van der Waals surface area contributed by atoms with Crippen LogP contribution >= 0.6 is 0 Å². The summed E-state index contributed by atoms with van der Waals surface area (Å²) in [6, 6.07) is 9.13. The lowest BCUT2D eigenvalue weighted by Gasteiger charge is -2.17. The summed E-state index contributed by atoms with van der Waals surface area (Å²) in [6.07, 6.45) is 3.77. The molecule has 0 unspecified atom stereocenters. The van der Waals surface area contributed by atoms with Gasteiger partial charge >= 0.3 is 6.03 Å². The highest BCUT2D eigenvalue weighted by molar-refractivity contribution is 5.94. The maximum absolute atomic E-state index is 12.1. The number of nitrogens with zero attached hydrogens (tertiary/aromatic N) is 1. The van der Waals surface area contributed by atoms with Crippen molar-refractivity contribution in [2.75, 3.05) is 25.0 Å². The highest BCUT2D eigenvalue weighted by atomic mass is 16.2. The molecule has 1 aromatic rings. The molecule has 0 aromatic heterocycles. The first-order valence-electron chi connectivity index (χ1n) is 7.60. The van der Waals surface area contributed by atoms with Gasteiger partial charge in [-0.1, -0.05) is 24.6 Å². The van der Waals surface area contributed by atoms with Gasteiger partial charge in [-0.2, -0.15) is 0 Å². The van der Waals surface area contributed by atoms with Crippen molar-refractivity contribution >= 4 is 17.6 Å². The molecule has 3 rings (SSSR count). The number of urea groups is 1. The van der Waals surface area contributed by atoms with Gasteiger partial charge in [-0.05, 0) is 36.8 Å². The monoisotopic (exact) mass is 287 g/mol. The third-order valence-electron chi connectivity index (χ3n) is 4.47. The molecule has 1 aliphatic carbocycles. The fourth-order valence-electron chi connectivity index (χ4n) is 3.40. The lowest BCUT2D eigenvalue weighted by atomic mass is 10.0. The maximum Gasteiger partial charge on any atom is 0.317 e. The van der Waals surface area contributed by atoms with Gasteiger partial charge < -0.3 is 15.5 Å². The largest absolute Gasteiger partial charge is 0.329 e. The summed E-state index contributed by atoms with van der Waals surface area (Å²) in [5.41, 5.74) is 0.743. The molecule has 2 aliphatic rings. The zero-order valence-corrected chi connectivity index (χ0v) is 12.0. The molecule has 0 bridgehead atoms. The first-order valence-corrected chi connectivity index (χ1v) is 7.60. The predicted molar refractivity (Wildman–Crippen MR) is 80.9 cm³/mol. The Morgan fingerprint density at radius 2 is 1.76 bits per heavy atom. The van der Waals surface area contributed by atoms with Crippen LogP contribution in [0.2, 0.25) is 0 Å². The summed E-state index contributed by atoms with van der Waals surface area (Å²) in [4.78, 5) is 25.7. The summed E-state index contributed by atoms with van der Waals surface area (Å²) >= 11 is 0. The van der Waals surface area contributed by atoms with E-state index in [2.05, 4.69) is 10.6 Å². The van der Waals surface area contributed by atoms with Crippen LogP contribution in [-0.2, 0) is 4.79 Å². The lowest BCUT2D eigenvalue weighted by Crippen LogP contribution is -2.42. The van der Waals surface area contributed by atoms with Crippen molar-refractivity contribution in [1.82, 2.24) is 10.2 Å². The molecular formula is C16H21N3O2. The summed E-state index contributed by atoms with van der Waals surface area (Å²) in [5.74, 6) is 1.15. The third-order valence-corrected chi connectivity index (χ3v) is 4.47. The Morgan fingerprint density at radius 3 is 2.43 bits per heavy atom. The number of benzene rings is 1. The average Bonchev–Trinajstić information content (AvgIpc) is 3.07. The number of hydrogen-bond acceptors (Lipinski definition) is 2. The SMILES string of the molecule is O=C(CNC(=O)N1C[C@@H]2CCC[C@H]2C1)Nc1ccccc1. The van der Waals surface area contributed by atoms with Gasteiger partial charge in [0.1, 0.15) is 0 Å². The van der Waals surface area contributed by atoms with Crippen LogP contribution in [0.4, 0.5) is 10.5 Å². The number of amides is 3. The van der Waals surface area contributed by atoms with Crippen LogP contribution in [-0.4, -0.2) is 36.5 Å². The maximum atomic E-state index is 12.1. The molecule has 0 radical (unpaired) electrons. The number of likely N-dealkylation sites (tertiary alicyclic amines) is 1. The van der Waals surface area contributed by atoms with Gasteiger partial charge in [0.15, 0.2) is 0 Å². The van der Waals surface area contributed by atoms with Crippen LogP contribution in [0.3, 0.4) is 0 Å². The minimum absolute atomic E-state index is 0.0135. The van der Waals surface area contributed by atoms with Gasteiger partial charge in [0.25, 0.3) is 0 Å². The highest BCUT2D eigenvalue weighted by Gasteiger charge is 2.37. The normalized spacial score (nSPS) is 23.7. The minimum Gasteiger partial charge on any atom is -0.329 e. The topological polar surface area (TPSA) is 61.4 Å². The number of carbonyl (C=O) groups excluding carboxylic acids is 2. The Labute approximate surface area is 124 Å². The van der Waals surface area contributed by atoms with Crippen LogP contribution < -0.4 is 10.6 Å². The Morgan fingerprint density at radius 1 is 1.10 bits per heavy atom. The molecule has 2 fully saturated rings. The van der Waals surface area contributed by atoms with E-state index in [1.54, 1.807) is 0 Å². The summed E-state index contributed by atoms with van der Waals surface area (Å²) in [6.45, 7) is 1.70. The molecule has 21 heavy (non-hydrogen) atoms. The molecule has 5 heteroatoms. The number of para-hydroxylation sites is 1. The molecule has 2 N–H and O–H groups in total. The second-order valence-electron chi connectivity index (χ2n) is 5.93. The molecule has 1 heterocycles. The zero-order chi connectivity index (χ0) is 14.7. The van der Waals surface area contributed by atoms with E-state index in [4.69, 9.17) is 0 Å². The van der Waals surface area contributed by atoms with Crippen LogP contribution in [0.25, 0.3) is 0 Å². The smallest absolute Gasteiger partial charge is 0.317 e. The summed E-state index contributed by atoms with van der Waals surface area (Å²) in [7, 11) is 0. The first kappa shape index (κ1) is 13.9. The Kier molecular flexibility index (Phi) is 4.08. The van der Waals surface area contributed by atoms with Crippen molar-refractivity contribution in [2.45, 2.75) is 19.3 Å². The quantitative estimate of drug-likeness (QED) is 0.894. The second kappa shape index (κ2) is 6.16. The zero-order valence-electron chi connectivity index (χ0n) is 12.0. The summed E-state index contributed by atoms with van der Waals surface area (Å²) in [5, 5.41) is 5.46. The molecule has 1 saturated heterocycles. The number of anilines is 1. The Balaban J connectivity index is 1.42. The molecule has 1 saturated carbocycles. The molecule has 1 aromatic carbocycles. The van der Waals surface area contributed by atoms with Crippen molar-refractivity contribution in [3.05, 3.63) is 30.3 Å². The minimum atomic E-state index is -0.200. The summed E-state index contributed by atoms with van der Waals surface area (Å²) < 4.78 is 0. The number of carbonyl (C=O) groups is 2. The van der Waals surface area contributed by atoms with Crippen LogP contribution in [0.15, 0.2) is 30.3 Å².